The Hall–Kier alpha value is -1.49. The number of halogens is 2. The summed E-state index contributed by atoms with van der Waals surface area (Å²) in [5, 5.41) is 2.38. The molecule has 0 aromatic heterocycles. The summed E-state index contributed by atoms with van der Waals surface area (Å²) in [6, 6.07) is 3.01. The fourth-order valence-corrected chi connectivity index (χ4v) is 1.47. The average Bonchev–Trinajstić information content (AvgIpc) is 3.13. The molecule has 1 aliphatic carbocycles. The van der Waals surface area contributed by atoms with Crippen LogP contribution in [0.4, 0.5) is 14.5 Å². The number of rotatable bonds is 5. The van der Waals surface area contributed by atoms with Crippen molar-refractivity contribution in [1.82, 2.24) is 0 Å². The molecule has 1 N–H and O–H groups in total. The van der Waals surface area contributed by atoms with E-state index in [0.29, 0.717) is 12.5 Å². The van der Waals surface area contributed by atoms with E-state index in [4.69, 9.17) is 4.74 Å². The number of ether oxygens (including phenoxy) is 1. The van der Waals surface area contributed by atoms with Gasteiger partial charge in [-0.05, 0) is 37.8 Å². The zero-order valence-electron chi connectivity index (χ0n) is 10.1. The predicted octanol–water partition coefficient (Wildman–Crippen LogP) is 2.72. The second-order valence-corrected chi connectivity index (χ2v) is 4.53. The maximum Gasteiger partial charge on any atom is 0.253 e. The Labute approximate surface area is 104 Å². The van der Waals surface area contributed by atoms with Gasteiger partial charge >= 0.3 is 0 Å². The summed E-state index contributed by atoms with van der Waals surface area (Å²) in [6.45, 7) is 2.17. The van der Waals surface area contributed by atoms with E-state index >= 15 is 0 Å². The molecule has 0 radical (unpaired) electrons. The first-order valence-electron chi connectivity index (χ1n) is 5.94. The molecule has 98 valence electrons. The molecular formula is C13H15F2NO2. The van der Waals surface area contributed by atoms with E-state index < -0.39 is 23.6 Å². The fraction of sp³-hybridized carbons (Fsp3) is 0.462. The smallest absolute Gasteiger partial charge is 0.253 e. The largest absolute Gasteiger partial charge is 0.368 e. The van der Waals surface area contributed by atoms with Crippen LogP contribution in [0.25, 0.3) is 0 Å². The van der Waals surface area contributed by atoms with Crippen molar-refractivity contribution < 1.29 is 18.3 Å². The summed E-state index contributed by atoms with van der Waals surface area (Å²) >= 11 is 0. The van der Waals surface area contributed by atoms with Gasteiger partial charge in [0.2, 0.25) is 0 Å². The van der Waals surface area contributed by atoms with Crippen LogP contribution in [0.3, 0.4) is 0 Å². The average molecular weight is 255 g/mol. The highest BCUT2D eigenvalue weighted by Gasteiger charge is 2.24. The molecule has 0 aliphatic heterocycles. The van der Waals surface area contributed by atoms with Crippen molar-refractivity contribution in [2.24, 2.45) is 5.92 Å². The van der Waals surface area contributed by atoms with Crippen LogP contribution in [-0.2, 0) is 9.53 Å². The number of hydrogen-bond acceptors (Lipinski definition) is 2. The lowest BCUT2D eigenvalue weighted by atomic mass is 10.2. The Kier molecular flexibility index (Phi) is 3.91. The van der Waals surface area contributed by atoms with Gasteiger partial charge in [-0.2, -0.15) is 0 Å². The molecule has 1 aromatic rings. The highest BCUT2D eigenvalue weighted by Crippen LogP contribution is 2.29. The third-order valence-electron chi connectivity index (χ3n) is 2.84. The van der Waals surface area contributed by atoms with Gasteiger partial charge in [0.1, 0.15) is 17.7 Å². The highest BCUT2D eigenvalue weighted by molar-refractivity contribution is 5.93. The molecule has 0 heterocycles. The van der Waals surface area contributed by atoms with Gasteiger partial charge in [0.15, 0.2) is 0 Å². The predicted molar refractivity (Wildman–Crippen MR) is 63.1 cm³/mol. The minimum atomic E-state index is -0.794. The minimum absolute atomic E-state index is 0.0386. The third-order valence-corrected chi connectivity index (χ3v) is 2.84. The zero-order chi connectivity index (χ0) is 13.1. The number of nitrogens with one attached hydrogen (secondary N) is 1. The molecule has 0 saturated heterocycles. The van der Waals surface area contributed by atoms with Crippen molar-refractivity contribution in [2.45, 2.75) is 25.9 Å². The summed E-state index contributed by atoms with van der Waals surface area (Å²) in [4.78, 5) is 11.7. The van der Waals surface area contributed by atoms with Crippen LogP contribution < -0.4 is 5.32 Å². The summed E-state index contributed by atoms with van der Waals surface area (Å²) < 4.78 is 31.3. The Morgan fingerprint density at radius 3 is 2.83 bits per heavy atom. The van der Waals surface area contributed by atoms with Crippen LogP contribution >= 0.6 is 0 Å². The Balaban J connectivity index is 1.88. The number of anilines is 1. The number of amides is 1. The van der Waals surface area contributed by atoms with Crippen molar-refractivity contribution in [1.29, 1.82) is 0 Å². The molecule has 1 aliphatic rings. The van der Waals surface area contributed by atoms with Crippen molar-refractivity contribution in [2.75, 3.05) is 11.9 Å². The van der Waals surface area contributed by atoms with E-state index in [-0.39, 0.29) is 5.69 Å². The van der Waals surface area contributed by atoms with Crippen LogP contribution in [-0.4, -0.2) is 18.6 Å². The lowest BCUT2D eigenvalue weighted by Crippen LogP contribution is -2.28. The number of benzene rings is 1. The molecule has 1 saturated carbocycles. The number of carbonyl (C=O) groups excluding carboxylic acids is 1. The molecule has 0 spiro atoms. The van der Waals surface area contributed by atoms with E-state index in [2.05, 4.69) is 5.32 Å². The van der Waals surface area contributed by atoms with Gasteiger partial charge in [-0.25, -0.2) is 8.78 Å². The maximum absolute atomic E-state index is 13.3. The minimum Gasteiger partial charge on any atom is -0.368 e. The Morgan fingerprint density at radius 1 is 1.50 bits per heavy atom. The van der Waals surface area contributed by atoms with Crippen LogP contribution in [0.15, 0.2) is 18.2 Å². The molecule has 1 atom stereocenters. The molecule has 3 nitrogen and oxygen atoms in total. The first kappa shape index (κ1) is 13.0. The molecule has 2 rings (SSSR count). The molecule has 1 fully saturated rings. The van der Waals surface area contributed by atoms with Crippen LogP contribution in [0.2, 0.25) is 0 Å². The summed E-state index contributed by atoms with van der Waals surface area (Å²) in [6.07, 6.45) is 1.64. The van der Waals surface area contributed by atoms with E-state index in [1.165, 1.54) is 6.07 Å². The zero-order valence-corrected chi connectivity index (χ0v) is 10.1. The Bertz CT molecular complexity index is 447. The van der Waals surface area contributed by atoms with Gasteiger partial charge in [-0.15, -0.1) is 0 Å². The standard InChI is InChI=1S/C13H15F2NO2/c1-8(18-7-9-2-3-9)13(17)16-12-5-4-10(14)6-11(12)15/h4-6,8-9H,2-3,7H2,1H3,(H,16,17). The van der Waals surface area contributed by atoms with Gasteiger partial charge in [0.25, 0.3) is 5.91 Å². The SMILES string of the molecule is CC(OCC1CC1)C(=O)Nc1ccc(F)cc1F. The van der Waals surface area contributed by atoms with Gasteiger partial charge in [-0.1, -0.05) is 0 Å². The topological polar surface area (TPSA) is 38.3 Å². The molecule has 1 aromatic carbocycles. The molecule has 5 heteroatoms. The second kappa shape index (κ2) is 5.44. The number of hydrogen-bond donors (Lipinski definition) is 1. The molecular weight excluding hydrogens is 240 g/mol. The molecule has 1 amide bonds. The van der Waals surface area contributed by atoms with E-state index in [0.717, 1.165) is 25.0 Å². The number of carbonyl (C=O) groups is 1. The summed E-state index contributed by atoms with van der Waals surface area (Å²) in [5.41, 5.74) is -0.0386. The van der Waals surface area contributed by atoms with Gasteiger partial charge in [0.05, 0.1) is 12.3 Å². The van der Waals surface area contributed by atoms with E-state index in [9.17, 15) is 13.6 Å². The van der Waals surface area contributed by atoms with Crippen LogP contribution in [0.5, 0.6) is 0 Å². The van der Waals surface area contributed by atoms with Gasteiger partial charge in [0, 0.05) is 6.07 Å². The van der Waals surface area contributed by atoms with Crippen molar-refractivity contribution in [3.8, 4) is 0 Å². The van der Waals surface area contributed by atoms with Crippen molar-refractivity contribution in [3.63, 3.8) is 0 Å². The molecule has 0 bridgehead atoms. The van der Waals surface area contributed by atoms with Crippen molar-refractivity contribution in [3.05, 3.63) is 29.8 Å². The van der Waals surface area contributed by atoms with Gasteiger partial charge in [-0.3, -0.25) is 4.79 Å². The lowest BCUT2D eigenvalue weighted by Gasteiger charge is -2.13. The lowest BCUT2D eigenvalue weighted by molar-refractivity contribution is -0.126. The first-order chi connectivity index (χ1) is 8.56. The van der Waals surface area contributed by atoms with E-state index in [1.54, 1.807) is 6.92 Å². The van der Waals surface area contributed by atoms with Crippen LogP contribution in [0.1, 0.15) is 19.8 Å². The quantitative estimate of drug-likeness (QED) is 0.878. The van der Waals surface area contributed by atoms with Crippen LogP contribution in [0, 0.1) is 17.6 Å². The monoisotopic (exact) mass is 255 g/mol. The molecule has 18 heavy (non-hydrogen) atoms. The summed E-state index contributed by atoms with van der Waals surface area (Å²) in [5.74, 6) is -1.34. The fourth-order valence-electron chi connectivity index (χ4n) is 1.47. The normalized spacial score (nSPS) is 16.4. The van der Waals surface area contributed by atoms with E-state index in [1.807, 2.05) is 0 Å². The summed E-state index contributed by atoms with van der Waals surface area (Å²) in [7, 11) is 0. The third kappa shape index (κ3) is 3.50. The highest BCUT2D eigenvalue weighted by atomic mass is 19.1. The van der Waals surface area contributed by atoms with Crippen molar-refractivity contribution >= 4 is 11.6 Å². The molecule has 1 unspecified atom stereocenters. The maximum atomic E-state index is 13.3. The second-order valence-electron chi connectivity index (χ2n) is 4.53. The van der Waals surface area contributed by atoms with Gasteiger partial charge < -0.3 is 10.1 Å². The Morgan fingerprint density at radius 2 is 2.22 bits per heavy atom. The first-order valence-corrected chi connectivity index (χ1v) is 5.94.